The average Bonchev–Trinajstić information content (AvgIpc) is 2.95. The fourth-order valence-electron chi connectivity index (χ4n) is 1.52. The normalized spacial score (nSPS) is 10.7. The monoisotopic (exact) mass is 288 g/mol. The predicted molar refractivity (Wildman–Crippen MR) is 71.8 cm³/mol. The summed E-state index contributed by atoms with van der Waals surface area (Å²) in [6.07, 6.45) is 2.60. The molecule has 1 aromatic heterocycles. The Hall–Kier alpha value is -3.29. The molecule has 0 radical (unpaired) electrons. The van der Waals surface area contributed by atoms with Gasteiger partial charge in [-0.2, -0.15) is 0 Å². The van der Waals surface area contributed by atoms with Gasteiger partial charge in [0.1, 0.15) is 4.92 Å². The molecular weight excluding hydrogens is 280 g/mol. The zero-order valence-corrected chi connectivity index (χ0v) is 10.5. The standard InChI is InChI=1S/C13H8N2O6/c16-11(12-7-8-13(21-12)15(19)20)6-3-9-1-4-10(5-2-9)14(17)18/h1-8H/b6-3+. The highest BCUT2D eigenvalue weighted by Gasteiger charge is 2.15. The van der Waals surface area contributed by atoms with E-state index >= 15 is 0 Å². The van der Waals surface area contributed by atoms with Crippen LogP contribution in [0.2, 0.25) is 0 Å². The van der Waals surface area contributed by atoms with Crippen LogP contribution >= 0.6 is 0 Å². The molecule has 1 heterocycles. The highest BCUT2D eigenvalue weighted by molar-refractivity contribution is 6.05. The van der Waals surface area contributed by atoms with E-state index in [2.05, 4.69) is 0 Å². The Morgan fingerprint density at radius 3 is 2.19 bits per heavy atom. The molecule has 0 spiro atoms. The molecule has 106 valence electrons. The summed E-state index contributed by atoms with van der Waals surface area (Å²) in [5.74, 6) is -1.21. The first kappa shape index (κ1) is 14.1. The van der Waals surface area contributed by atoms with Crippen molar-refractivity contribution in [1.29, 1.82) is 0 Å². The highest BCUT2D eigenvalue weighted by Crippen LogP contribution is 2.17. The van der Waals surface area contributed by atoms with Gasteiger partial charge in [-0.05, 0) is 29.8 Å². The molecule has 0 aliphatic heterocycles. The molecule has 21 heavy (non-hydrogen) atoms. The van der Waals surface area contributed by atoms with Crippen LogP contribution in [-0.4, -0.2) is 15.6 Å². The molecule has 8 nitrogen and oxygen atoms in total. The first-order valence-corrected chi connectivity index (χ1v) is 5.68. The number of furan rings is 1. The summed E-state index contributed by atoms with van der Waals surface area (Å²) >= 11 is 0. The van der Waals surface area contributed by atoms with Gasteiger partial charge < -0.3 is 4.42 Å². The number of nitro benzene ring substituents is 1. The first-order valence-electron chi connectivity index (χ1n) is 5.68. The Balaban J connectivity index is 2.10. The first-order chi connectivity index (χ1) is 9.97. The molecule has 2 rings (SSSR count). The van der Waals surface area contributed by atoms with E-state index in [9.17, 15) is 25.0 Å². The molecule has 2 aromatic rings. The van der Waals surface area contributed by atoms with Crippen molar-refractivity contribution >= 4 is 23.4 Å². The lowest BCUT2D eigenvalue weighted by Crippen LogP contribution is -1.91. The van der Waals surface area contributed by atoms with Crippen LogP contribution < -0.4 is 0 Å². The Kier molecular flexibility index (Phi) is 3.89. The van der Waals surface area contributed by atoms with Crippen LogP contribution in [0, 0.1) is 20.2 Å². The van der Waals surface area contributed by atoms with Gasteiger partial charge in [-0.25, -0.2) is 0 Å². The van der Waals surface area contributed by atoms with Gasteiger partial charge >= 0.3 is 5.88 Å². The number of nitrogens with zero attached hydrogens (tertiary/aromatic N) is 2. The van der Waals surface area contributed by atoms with Crippen LogP contribution in [0.15, 0.2) is 46.9 Å². The van der Waals surface area contributed by atoms with E-state index in [4.69, 9.17) is 4.42 Å². The van der Waals surface area contributed by atoms with E-state index in [1.807, 2.05) is 0 Å². The molecule has 0 atom stereocenters. The average molecular weight is 288 g/mol. The smallest absolute Gasteiger partial charge is 0.397 e. The molecule has 0 bridgehead atoms. The van der Waals surface area contributed by atoms with Crippen LogP contribution in [-0.2, 0) is 0 Å². The second-order valence-corrected chi connectivity index (χ2v) is 3.94. The van der Waals surface area contributed by atoms with E-state index < -0.39 is 21.5 Å². The molecule has 0 unspecified atom stereocenters. The summed E-state index contributed by atoms with van der Waals surface area (Å²) in [5.41, 5.74) is 0.523. The van der Waals surface area contributed by atoms with Gasteiger partial charge in [0, 0.05) is 12.1 Å². The maximum absolute atomic E-state index is 11.7. The summed E-state index contributed by atoms with van der Waals surface area (Å²) < 4.78 is 4.76. The van der Waals surface area contributed by atoms with Crippen molar-refractivity contribution in [2.24, 2.45) is 0 Å². The SMILES string of the molecule is O=C(/C=C/c1ccc([N+](=O)[O-])cc1)c1ccc([N+](=O)[O-])o1. The van der Waals surface area contributed by atoms with Crippen molar-refractivity contribution in [3.63, 3.8) is 0 Å². The number of ketones is 1. The summed E-state index contributed by atoms with van der Waals surface area (Å²) in [7, 11) is 0. The van der Waals surface area contributed by atoms with E-state index in [0.29, 0.717) is 5.56 Å². The maximum Gasteiger partial charge on any atom is 0.433 e. The second-order valence-electron chi connectivity index (χ2n) is 3.94. The molecule has 0 N–H and O–H groups in total. The van der Waals surface area contributed by atoms with Crippen LogP contribution in [0.3, 0.4) is 0 Å². The second kappa shape index (κ2) is 5.78. The van der Waals surface area contributed by atoms with Gasteiger partial charge in [0.15, 0.2) is 5.76 Å². The number of allylic oxidation sites excluding steroid dienone is 1. The topological polar surface area (TPSA) is 116 Å². The zero-order chi connectivity index (χ0) is 15.4. The van der Waals surface area contributed by atoms with Crippen molar-refractivity contribution < 1.29 is 19.1 Å². The molecule has 0 saturated carbocycles. The van der Waals surface area contributed by atoms with Crippen LogP contribution in [0.1, 0.15) is 16.1 Å². The number of hydrogen-bond acceptors (Lipinski definition) is 6. The number of benzene rings is 1. The lowest BCUT2D eigenvalue weighted by Gasteiger charge is -1.93. The molecule has 0 aliphatic rings. The van der Waals surface area contributed by atoms with Crippen molar-refractivity contribution in [3.8, 4) is 0 Å². The largest absolute Gasteiger partial charge is 0.433 e. The van der Waals surface area contributed by atoms with E-state index in [1.54, 1.807) is 0 Å². The Bertz CT molecular complexity index is 729. The van der Waals surface area contributed by atoms with E-state index in [-0.39, 0.29) is 11.4 Å². The van der Waals surface area contributed by atoms with Gasteiger partial charge in [-0.15, -0.1) is 0 Å². The zero-order valence-electron chi connectivity index (χ0n) is 10.5. The molecule has 0 amide bonds. The lowest BCUT2D eigenvalue weighted by molar-refractivity contribution is -0.402. The number of carbonyl (C=O) groups is 1. The minimum atomic E-state index is -0.739. The number of carbonyl (C=O) groups excluding carboxylic acids is 1. The van der Waals surface area contributed by atoms with Crippen LogP contribution in [0.25, 0.3) is 6.08 Å². The highest BCUT2D eigenvalue weighted by atomic mass is 16.6. The third-order valence-corrected chi connectivity index (χ3v) is 2.55. The van der Waals surface area contributed by atoms with Gasteiger partial charge in [0.25, 0.3) is 5.69 Å². The summed E-state index contributed by atoms with van der Waals surface area (Å²) in [6, 6.07) is 7.87. The Labute approximate surface area is 117 Å². The van der Waals surface area contributed by atoms with Crippen LogP contribution in [0.4, 0.5) is 11.6 Å². The number of nitro groups is 2. The van der Waals surface area contributed by atoms with Gasteiger partial charge in [0.05, 0.1) is 11.0 Å². The molecular formula is C13H8N2O6. The fraction of sp³-hybridized carbons (Fsp3) is 0. The third kappa shape index (κ3) is 3.38. The summed E-state index contributed by atoms with van der Waals surface area (Å²) in [6.45, 7) is 0. The Morgan fingerprint density at radius 2 is 1.67 bits per heavy atom. The maximum atomic E-state index is 11.7. The van der Waals surface area contributed by atoms with E-state index in [1.165, 1.54) is 42.5 Å². The van der Waals surface area contributed by atoms with Gasteiger partial charge in [0.2, 0.25) is 5.78 Å². The number of rotatable bonds is 5. The lowest BCUT2D eigenvalue weighted by atomic mass is 10.1. The minimum absolute atomic E-state index is 0.0554. The van der Waals surface area contributed by atoms with Crippen LogP contribution in [0.5, 0.6) is 0 Å². The predicted octanol–water partition coefficient (Wildman–Crippen LogP) is 2.99. The number of hydrogen-bond donors (Lipinski definition) is 0. The molecule has 0 fully saturated rings. The minimum Gasteiger partial charge on any atom is -0.397 e. The van der Waals surface area contributed by atoms with E-state index in [0.717, 1.165) is 6.07 Å². The summed E-state index contributed by atoms with van der Waals surface area (Å²) in [4.78, 5) is 31.4. The van der Waals surface area contributed by atoms with Crippen molar-refractivity contribution in [2.75, 3.05) is 0 Å². The Morgan fingerprint density at radius 1 is 1.00 bits per heavy atom. The van der Waals surface area contributed by atoms with Gasteiger partial charge in [-0.1, -0.05) is 6.08 Å². The van der Waals surface area contributed by atoms with Gasteiger partial charge in [-0.3, -0.25) is 25.0 Å². The third-order valence-electron chi connectivity index (χ3n) is 2.55. The molecule has 0 aliphatic carbocycles. The molecule has 8 heteroatoms. The van der Waals surface area contributed by atoms with Crippen molar-refractivity contribution in [2.45, 2.75) is 0 Å². The molecule has 0 saturated heterocycles. The molecule has 1 aromatic carbocycles. The van der Waals surface area contributed by atoms with Crippen molar-refractivity contribution in [3.05, 3.63) is 74.0 Å². The summed E-state index contributed by atoms with van der Waals surface area (Å²) in [5, 5.41) is 20.9. The quantitative estimate of drug-likeness (QED) is 0.361. The fourth-order valence-corrected chi connectivity index (χ4v) is 1.52. The number of non-ortho nitro benzene ring substituents is 1. The van der Waals surface area contributed by atoms with Crippen molar-refractivity contribution in [1.82, 2.24) is 0 Å².